The minimum atomic E-state index is -1.04. The number of rotatable bonds is 4. The lowest BCUT2D eigenvalue weighted by atomic mass is 9.98. The Kier molecular flexibility index (Phi) is 5.56. The van der Waals surface area contributed by atoms with Gasteiger partial charge < -0.3 is 14.6 Å². The van der Waals surface area contributed by atoms with E-state index < -0.39 is 12.4 Å². The minimum Gasteiger partial charge on any atom is -0.455 e. The van der Waals surface area contributed by atoms with Crippen LogP contribution in [0.1, 0.15) is 34.1 Å². The smallest absolute Gasteiger partial charge is 0.303 e. The summed E-state index contributed by atoms with van der Waals surface area (Å²) in [4.78, 5) is 13.3. The van der Waals surface area contributed by atoms with Crippen molar-refractivity contribution in [3.05, 3.63) is 0 Å². The fourth-order valence-corrected chi connectivity index (χ4v) is 2.51. The molecule has 1 aliphatic rings. The molecule has 18 heavy (non-hydrogen) atoms. The molecular weight excluding hydrogens is 234 g/mol. The van der Waals surface area contributed by atoms with E-state index in [1.165, 1.54) is 6.92 Å². The topological polar surface area (TPSA) is 59.0 Å². The van der Waals surface area contributed by atoms with Crippen LogP contribution in [0.25, 0.3) is 0 Å². The van der Waals surface area contributed by atoms with Gasteiger partial charge >= 0.3 is 5.97 Å². The summed E-state index contributed by atoms with van der Waals surface area (Å²) in [5, 5.41) is 9.92. The van der Waals surface area contributed by atoms with E-state index in [2.05, 4.69) is 18.7 Å². The van der Waals surface area contributed by atoms with Crippen LogP contribution in [-0.2, 0) is 14.3 Å². The molecule has 5 heteroatoms. The second kappa shape index (κ2) is 6.50. The standard InChI is InChI=1S/C13H25NO4/c1-8(2)7-14(5)11-6-9(3)17-13(16)12(11)18-10(4)15/h8-9,11-13,16H,6-7H2,1-5H3/t9-,11?,12-,13?/m1/s1. The van der Waals surface area contributed by atoms with E-state index in [0.29, 0.717) is 5.92 Å². The van der Waals surface area contributed by atoms with Crippen molar-refractivity contribution in [2.45, 2.75) is 58.7 Å². The van der Waals surface area contributed by atoms with Gasteiger partial charge in [0.2, 0.25) is 0 Å². The molecule has 5 nitrogen and oxygen atoms in total. The zero-order chi connectivity index (χ0) is 13.9. The molecule has 0 saturated carbocycles. The molecule has 1 aliphatic heterocycles. The van der Waals surface area contributed by atoms with Crippen molar-refractivity contribution >= 4 is 5.97 Å². The van der Waals surface area contributed by atoms with Crippen molar-refractivity contribution in [2.24, 2.45) is 5.92 Å². The molecule has 1 N–H and O–H groups in total. The van der Waals surface area contributed by atoms with Gasteiger partial charge in [0.15, 0.2) is 12.4 Å². The van der Waals surface area contributed by atoms with E-state index in [-0.39, 0.29) is 18.1 Å². The molecule has 2 unspecified atom stereocenters. The molecule has 106 valence electrons. The maximum atomic E-state index is 11.1. The van der Waals surface area contributed by atoms with Crippen LogP contribution in [0, 0.1) is 5.92 Å². The summed E-state index contributed by atoms with van der Waals surface area (Å²) in [5.74, 6) is 0.128. The van der Waals surface area contributed by atoms with Gasteiger partial charge in [-0.05, 0) is 26.3 Å². The van der Waals surface area contributed by atoms with Gasteiger partial charge in [-0.25, -0.2) is 0 Å². The Balaban J connectivity index is 2.76. The third-order valence-corrected chi connectivity index (χ3v) is 3.13. The normalized spacial score (nSPS) is 32.9. The molecule has 0 aliphatic carbocycles. The fraction of sp³-hybridized carbons (Fsp3) is 0.923. The average molecular weight is 259 g/mol. The molecule has 0 bridgehead atoms. The Hall–Kier alpha value is -0.650. The van der Waals surface area contributed by atoms with Gasteiger partial charge in [-0.1, -0.05) is 13.8 Å². The second-order valence-electron chi connectivity index (χ2n) is 5.55. The number of aliphatic hydroxyl groups excluding tert-OH is 1. The van der Waals surface area contributed by atoms with Crippen molar-refractivity contribution in [2.75, 3.05) is 13.6 Å². The molecule has 0 aromatic heterocycles. The van der Waals surface area contributed by atoms with Gasteiger partial charge in [0.25, 0.3) is 0 Å². The fourth-order valence-electron chi connectivity index (χ4n) is 2.51. The molecule has 0 aromatic carbocycles. The number of hydrogen-bond acceptors (Lipinski definition) is 5. The Labute approximate surface area is 109 Å². The first-order chi connectivity index (χ1) is 8.31. The van der Waals surface area contributed by atoms with E-state index in [0.717, 1.165) is 13.0 Å². The third-order valence-electron chi connectivity index (χ3n) is 3.13. The summed E-state index contributed by atoms with van der Waals surface area (Å²) in [7, 11) is 1.99. The van der Waals surface area contributed by atoms with Gasteiger partial charge in [0, 0.05) is 13.5 Å². The lowest BCUT2D eigenvalue weighted by Crippen LogP contribution is -2.56. The molecule has 1 saturated heterocycles. The minimum absolute atomic E-state index is 0.00458. The summed E-state index contributed by atoms with van der Waals surface area (Å²) in [6.45, 7) is 8.43. The predicted octanol–water partition coefficient (Wildman–Crippen LogP) is 1.00. The highest BCUT2D eigenvalue weighted by molar-refractivity contribution is 5.66. The largest absolute Gasteiger partial charge is 0.455 e. The molecule has 1 fully saturated rings. The summed E-state index contributed by atoms with van der Waals surface area (Å²) < 4.78 is 10.5. The number of hydrogen-bond donors (Lipinski definition) is 1. The number of carbonyl (C=O) groups excluding carboxylic acids is 1. The molecule has 0 spiro atoms. The first kappa shape index (κ1) is 15.4. The molecule has 0 aromatic rings. The highest BCUT2D eigenvalue weighted by Gasteiger charge is 2.40. The Morgan fingerprint density at radius 2 is 2.17 bits per heavy atom. The second-order valence-corrected chi connectivity index (χ2v) is 5.55. The number of nitrogens with zero attached hydrogens (tertiary/aromatic N) is 1. The number of esters is 1. The number of carbonyl (C=O) groups is 1. The molecule has 1 rings (SSSR count). The number of likely N-dealkylation sites (N-methyl/N-ethyl adjacent to an activating group) is 1. The van der Waals surface area contributed by atoms with E-state index >= 15 is 0 Å². The summed E-state index contributed by atoms with van der Waals surface area (Å²) in [6.07, 6.45) is -0.941. The molecule has 0 amide bonds. The summed E-state index contributed by atoms with van der Waals surface area (Å²) >= 11 is 0. The lowest BCUT2D eigenvalue weighted by Gasteiger charge is -2.42. The number of aliphatic hydroxyl groups is 1. The van der Waals surface area contributed by atoms with Crippen LogP contribution in [0.4, 0.5) is 0 Å². The molecule has 4 atom stereocenters. The van der Waals surface area contributed by atoms with Gasteiger partial charge in [0.1, 0.15) is 0 Å². The Morgan fingerprint density at radius 1 is 1.56 bits per heavy atom. The van der Waals surface area contributed by atoms with E-state index in [4.69, 9.17) is 9.47 Å². The van der Waals surface area contributed by atoms with Gasteiger partial charge in [0.05, 0.1) is 12.1 Å². The predicted molar refractivity (Wildman–Crippen MR) is 68.0 cm³/mol. The zero-order valence-corrected chi connectivity index (χ0v) is 11.9. The molecule has 0 radical (unpaired) electrons. The molecular formula is C13H25NO4. The third kappa shape index (κ3) is 4.23. The monoisotopic (exact) mass is 259 g/mol. The quantitative estimate of drug-likeness (QED) is 0.763. The average Bonchev–Trinajstić information content (AvgIpc) is 2.20. The maximum absolute atomic E-state index is 11.1. The molecule has 1 heterocycles. The van der Waals surface area contributed by atoms with Crippen molar-refractivity contribution in [3.63, 3.8) is 0 Å². The van der Waals surface area contributed by atoms with Gasteiger partial charge in [-0.2, -0.15) is 0 Å². The van der Waals surface area contributed by atoms with E-state index in [9.17, 15) is 9.90 Å². The lowest BCUT2D eigenvalue weighted by molar-refractivity contribution is -0.241. The zero-order valence-electron chi connectivity index (χ0n) is 11.9. The van der Waals surface area contributed by atoms with E-state index in [1.54, 1.807) is 0 Å². The summed E-state index contributed by atoms with van der Waals surface area (Å²) in [6, 6.07) is -0.00458. The van der Waals surface area contributed by atoms with E-state index in [1.807, 2.05) is 14.0 Å². The highest BCUT2D eigenvalue weighted by atomic mass is 16.6. The first-order valence-electron chi connectivity index (χ1n) is 6.52. The SMILES string of the molecule is CC(=O)O[C@H]1C(O)O[C@H](C)CC1N(C)CC(C)C. The Bertz CT molecular complexity index is 282. The van der Waals surface area contributed by atoms with Gasteiger partial charge in [-0.15, -0.1) is 0 Å². The highest BCUT2D eigenvalue weighted by Crippen LogP contribution is 2.25. The van der Waals surface area contributed by atoms with Crippen LogP contribution in [0.2, 0.25) is 0 Å². The van der Waals surface area contributed by atoms with Crippen LogP contribution in [-0.4, -0.2) is 54.1 Å². The van der Waals surface area contributed by atoms with Crippen molar-refractivity contribution < 1.29 is 19.4 Å². The summed E-state index contributed by atoms with van der Waals surface area (Å²) in [5.41, 5.74) is 0. The van der Waals surface area contributed by atoms with Crippen LogP contribution >= 0.6 is 0 Å². The maximum Gasteiger partial charge on any atom is 0.303 e. The van der Waals surface area contributed by atoms with Crippen LogP contribution in [0.5, 0.6) is 0 Å². The first-order valence-corrected chi connectivity index (χ1v) is 6.52. The number of ether oxygens (including phenoxy) is 2. The van der Waals surface area contributed by atoms with Crippen molar-refractivity contribution in [1.82, 2.24) is 4.90 Å². The van der Waals surface area contributed by atoms with Crippen LogP contribution in [0.15, 0.2) is 0 Å². The van der Waals surface area contributed by atoms with Crippen molar-refractivity contribution in [1.29, 1.82) is 0 Å². The Morgan fingerprint density at radius 3 is 2.67 bits per heavy atom. The van der Waals surface area contributed by atoms with Crippen LogP contribution < -0.4 is 0 Å². The van der Waals surface area contributed by atoms with Crippen LogP contribution in [0.3, 0.4) is 0 Å². The van der Waals surface area contributed by atoms with Gasteiger partial charge in [-0.3, -0.25) is 9.69 Å². The van der Waals surface area contributed by atoms with Crippen molar-refractivity contribution in [3.8, 4) is 0 Å².